The molecule has 4 heteroatoms. The van der Waals surface area contributed by atoms with E-state index in [-0.39, 0.29) is 82.6 Å². The fourth-order valence-corrected chi connectivity index (χ4v) is 24.9. The van der Waals surface area contributed by atoms with Crippen molar-refractivity contribution >= 4 is 81.5 Å². The van der Waals surface area contributed by atoms with E-state index in [1.54, 1.807) is 0 Å². The van der Waals surface area contributed by atoms with Crippen LogP contribution in [0.5, 0.6) is 0 Å². The third kappa shape index (κ3) is 17.1. The van der Waals surface area contributed by atoms with Gasteiger partial charge in [0.1, 0.15) is 0 Å². The maximum absolute atomic E-state index is 17.7. The average molecular weight is 1480 g/mol. The standard InChI is InChI=1S/C104H138O2P2/c1-55(2)75-43-81(59(9)10)99(82(44-75)60(11)12)107(100-83(61(13)14)45-76(56(3)4)46-84(100)62(15)16)103-89(67(25)26)51-79(52-90(103)68(27)28)95-93(73-39-35-71(33)36-40-73)98(106)96(94(97(95)105)74-41-37-72(34)38-42-74)80-53-91(69(29)30)104(92(54-80)70(31)32)108(101-85(63(17)18)47-77(57(5)6)48-86(101)64(19)20)102-87(65(21)22)49-78(58(7)8)50-88(102)66(23)24/h35-70H,1-34H3. The summed E-state index contributed by atoms with van der Waals surface area (Å²) in [5, 5.41) is 8.76. The molecule has 0 unspecified atom stereocenters. The van der Waals surface area contributed by atoms with Gasteiger partial charge in [-0.1, -0.05) is 354 Å². The van der Waals surface area contributed by atoms with E-state index in [1.165, 1.54) is 121 Å². The molecule has 0 fully saturated rings. The molecule has 576 valence electrons. The highest BCUT2D eigenvalue weighted by molar-refractivity contribution is 7.81. The molecule has 108 heavy (non-hydrogen) atoms. The summed E-state index contributed by atoms with van der Waals surface area (Å²) < 4.78 is 0. The van der Waals surface area contributed by atoms with E-state index >= 15 is 9.59 Å². The van der Waals surface area contributed by atoms with E-state index in [0.29, 0.717) is 46.0 Å². The minimum Gasteiger partial charge on any atom is -0.289 e. The first-order valence-corrected chi connectivity index (χ1v) is 44.6. The molecule has 9 rings (SSSR count). The first-order valence-electron chi connectivity index (χ1n) is 41.9. The van der Waals surface area contributed by atoms with Gasteiger partial charge in [0, 0.05) is 22.3 Å². The molecule has 0 saturated heterocycles. The second-order valence-electron chi connectivity index (χ2n) is 37.2. The summed E-state index contributed by atoms with van der Waals surface area (Å²) in [6.07, 6.45) is 0. The Bertz CT molecular complexity index is 4060. The molecule has 0 bridgehead atoms. The molecule has 0 N–H and O–H groups in total. The number of aryl methyl sites for hydroxylation is 2. The predicted molar refractivity (Wildman–Crippen MR) is 482 cm³/mol. The van der Waals surface area contributed by atoms with E-state index in [1.807, 2.05) is 0 Å². The molecule has 8 aromatic rings. The Balaban J connectivity index is 1.50. The van der Waals surface area contributed by atoms with Gasteiger partial charge in [0.05, 0.1) is 0 Å². The van der Waals surface area contributed by atoms with Crippen LogP contribution in [0.15, 0.2) is 121 Å². The van der Waals surface area contributed by atoms with Gasteiger partial charge in [-0.05, 0) is 267 Å². The number of rotatable bonds is 26. The van der Waals surface area contributed by atoms with Crippen molar-refractivity contribution in [2.75, 3.05) is 0 Å². The van der Waals surface area contributed by atoms with Crippen LogP contribution in [0.1, 0.15) is 439 Å². The quantitative estimate of drug-likeness (QED) is 0.0400. The summed E-state index contributed by atoms with van der Waals surface area (Å²) in [4.78, 5) is 35.5. The van der Waals surface area contributed by atoms with E-state index in [0.717, 1.165) is 33.4 Å². The Kier molecular flexibility index (Phi) is 27.4. The third-order valence-corrected chi connectivity index (χ3v) is 29.0. The van der Waals surface area contributed by atoms with Crippen molar-refractivity contribution in [3.63, 3.8) is 0 Å². The van der Waals surface area contributed by atoms with Crippen molar-refractivity contribution in [2.45, 2.75) is 330 Å². The Labute approximate surface area is 660 Å². The number of allylic oxidation sites excluding steroid dienone is 4. The van der Waals surface area contributed by atoms with Crippen LogP contribution in [0.4, 0.5) is 0 Å². The Hall–Kier alpha value is -6.56. The van der Waals surface area contributed by atoms with Crippen LogP contribution in [0.25, 0.3) is 22.3 Å². The smallest absolute Gasteiger partial charge is 0.195 e. The first kappa shape index (κ1) is 85.4. The van der Waals surface area contributed by atoms with Gasteiger partial charge in [0.15, 0.2) is 11.6 Å². The second-order valence-corrected chi connectivity index (χ2v) is 41.3. The molecule has 0 aliphatic heterocycles. The van der Waals surface area contributed by atoms with Crippen LogP contribution < -0.4 is 31.8 Å². The van der Waals surface area contributed by atoms with Crippen LogP contribution in [-0.4, -0.2) is 11.6 Å². The lowest BCUT2D eigenvalue weighted by Crippen LogP contribution is -2.35. The number of Topliss-reactive ketones (excluding diaryl/α,β-unsaturated/α-hetero) is 2. The lowest BCUT2D eigenvalue weighted by atomic mass is 9.73. The zero-order chi connectivity index (χ0) is 80.2. The summed E-state index contributed by atoms with van der Waals surface area (Å²) in [6.45, 7) is 80.6. The fraction of sp³-hybridized carbons (Fsp3) is 0.481. The molecule has 0 amide bonds. The Morgan fingerprint density at radius 2 is 0.324 bits per heavy atom. The highest BCUT2D eigenvalue weighted by Gasteiger charge is 2.43. The molecule has 1 aliphatic rings. The molecule has 0 heterocycles. The summed E-state index contributed by atoms with van der Waals surface area (Å²) in [7, 11) is -2.57. The molecule has 2 nitrogen and oxygen atoms in total. The number of carbonyl (C=O) groups excluding carboxylic acids is 2. The summed E-state index contributed by atoms with van der Waals surface area (Å²) >= 11 is 0. The van der Waals surface area contributed by atoms with E-state index < -0.39 is 15.8 Å². The Morgan fingerprint density at radius 1 is 0.185 bits per heavy atom. The van der Waals surface area contributed by atoms with Crippen LogP contribution in [0.3, 0.4) is 0 Å². The maximum Gasteiger partial charge on any atom is 0.195 e. The lowest BCUT2D eigenvalue weighted by Gasteiger charge is -2.37. The largest absolute Gasteiger partial charge is 0.289 e. The van der Waals surface area contributed by atoms with Crippen LogP contribution in [0.2, 0.25) is 0 Å². The molecule has 0 aromatic heterocycles. The van der Waals surface area contributed by atoms with Gasteiger partial charge in [0.2, 0.25) is 0 Å². The first-order chi connectivity index (χ1) is 50.5. The minimum atomic E-state index is -1.28. The SMILES string of the molecule is Cc1ccc(C2=C(c3cc(C(C)C)c(P(c4c(C(C)C)cc(C(C)C)cc4C(C)C)c4c(C(C)C)cc(C(C)C)cc4C(C)C)c(C(C)C)c3)C(=O)C(c3ccc(C)cc3)=C(c3cc(C(C)C)c(P(c4c(C(C)C)cc(C(C)C)cc4C(C)C)c4c(C(C)C)cc(C(C)C)cc4C(C)C)c(C(C)C)c3)C2=O)cc1. The summed E-state index contributed by atoms with van der Waals surface area (Å²) in [5.74, 6) is 3.37. The number of hydrogen-bond donors (Lipinski definition) is 0. The van der Waals surface area contributed by atoms with Gasteiger partial charge in [-0.15, -0.1) is 0 Å². The number of ketones is 2. The zero-order valence-corrected chi connectivity index (χ0v) is 75.3. The van der Waals surface area contributed by atoms with Crippen LogP contribution in [0, 0.1) is 13.8 Å². The normalized spacial score (nSPS) is 13.6. The van der Waals surface area contributed by atoms with Crippen molar-refractivity contribution in [1.29, 1.82) is 0 Å². The Morgan fingerprint density at radius 3 is 0.463 bits per heavy atom. The minimum absolute atomic E-state index is 0.0403. The zero-order valence-electron chi connectivity index (χ0n) is 73.5. The molecule has 8 aromatic carbocycles. The highest BCUT2D eigenvalue weighted by atomic mass is 31.1. The van der Waals surface area contributed by atoms with Crippen LogP contribution in [-0.2, 0) is 9.59 Å². The number of carbonyl (C=O) groups is 2. The van der Waals surface area contributed by atoms with E-state index in [4.69, 9.17) is 0 Å². The van der Waals surface area contributed by atoms with Gasteiger partial charge in [-0.3, -0.25) is 9.59 Å². The molecule has 0 spiro atoms. The lowest BCUT2D eigenvalue weighted by molar-refractivity contribution is -0.111. The van der Waals surface area contributed by atoms with Gasteiger partial charge in [-0.2, -0.15) is 0 Å². The van der Waals surface area contributed by atoms with Gasteiger partial charge in [-0.25, -0.2) is 0 Å². The monoisotopic (exact) mass is 1480 g/mol. The fourth-order valence-electron chi connectivity index (χ4n) is 16.5. The van der Waals surface area contributed by atoms with Crippen LogP contribution >= 0.6 is 15.8 Å². The predicted octanol–water partition coefficient (Wildman–Crippen LogP) is 28.5. The van der Waals surface area contributed by atoms with Crippen molar-refractivity contribution in [1.82, 2.24) is 0 Å². The molecule has 0 atom stereocenters. The second kappa shape index (κ2) is 34.6. The average Bonchev–Trinajstić information content (AvgIpc) is 0.723. The highest BCUT2D eigenvalue weighted by Crippen LogP contribution is 2.54. The van der Waals surface area contributed by atoms with Gasteiger partial charge < -0.3 is 0 Å². The number of hydrogen-bond acceptors (Lipinski definition) is 2. The number of benzene rings is 8. The van der Waals surface area contributed by atoms with E-state index in [9.17, 15) is 0 Å². The van der Waals surface area contributed by atoms with E-state index in [2.05, 4.69) is 357 Å². The third-order valence-electron chi connectivity index (χ3n) is 23.2. The van der Waals surface area contributed by atoms with Gasteiger partial charge >= 0.3 is 0 Å². The molecular formula is C104H138O2P2. The molecule has 1 aliphatic carbocycles. The molecular weight excluding hydrogens is 1340 g/mol. The molecule has 0 radical (unpaired) electrons. The molecule has 0 saturated carbocycles. The topological polar surface area (TPSA) is 34.1 Å². The maximum atomic E-state index is 17.7. The van der Waals surface area contributed by atoms with Crippen molar-refractivity contribution in [2.24, 2.45) is 0 Å². The van der Waals surface area contributed by atoms with Crippen molar-refractivity contribution in [3.8, 4) is 0 Å². The van der Waals surface area contributed by atoms with Gasteiger partial charge in [0.25, 0.3) is 0 Å². The van der Waals surface area contributed by atoms with Crippen molar-refractivity contribution < 1.29 is 9.59 Å². The summed E-state index contributed by atoms with van der Waals surface area (Å²) in [6, 6.07) is 47.2. The van der Waals surface area contributed by atoms with Crippen molar-refractivity contribution in [3.05, 3.63) is 244 Å². The summed E-state index contributed by atoms with van der Waals surface area (Å²) in [5.41, 5.74) is 29.3.